The standard InChI is InChI=1S/C12H21N3O/c1-10-7-11(15(2)14-10)8-16-12(9-13)5-3-4-6-12/h7H,3-6,8-9,13H2,1-2H3. The van der Waals surface area contributed by atoms with Crippen LogP contribution in [0.4, 0.5) is 0 Å². The van der Waals surface area contributed by atoms with Gasteiger partial charge in [0.25, 0.3) is 0 Å². The third-order valence-corrected chi connectivity index (χ3v) is 3.51. The molecular formula is C12H21N3O. The smallest absolute Gasteiger partial charge is 0.0892 e. The molecule has 1 heterocycles. The molecule has 1 aliphatic carbocycles. The number of nitrogens with two attached hydrogens (primary N) is 1. The van der Waals surface area contributed by atoms with E-state index in [-0.39, 0.29) is 5.60 Å². The van der Waals surface area contributed by atoms with E-state index in [1.165, 1.54) is 12.8 Å². The number of aryl methyl sites for hydroxylation is 2. The summed E-state index contributed by atoms with van der Waals surface area (Å²) >= 11 is 0. The van der Waals surface area contributed by atoms with Crippen LogP contribution in [0.3, 0.4) is 0 Å². The van der Waals surface area contributed by atoms with Crippen molar-refractivity contribution in [3.8, 4) is 0 Å². The molecule has 0 spiro atoms. The van der Waals surface area contributed by atoms with Crippen LogP contribution in [0.15, 0.2) is 6.07 Å². The molecule has 0 unspecified atom stereocenters. The molecule has 0 aromatic carbocycles. The zero-order chi connectivity index (χ0) is 11.6. The van der Waals surface area contributed by atoms with E-state index in [2.05, 4.69) is 11.2 Å². The second-order valence-electron chi connectivity index (χ2n) is 4.78. The predicted molar refractivity (Wildman–Crippen MR) is 63.0 cm³/mol. The lowest BCUT2D eigenvalue weighted by Gasteiger charge is -2.27. The highest BCUT2D eigenvalue weighted by Crippen LogP contribution is 2.32. The van der Waals surface area contributed by atoms with Crippen molar-refractivity contribution in [1.29, 1.82) is 0 Å². The molecule has 1 fully saturated rings. The predicted octanol–water partition coefficient (Wildman–Crippen LogP) is 1.52. The second kappa shape index (κ2) is 4.55. The van der Waals surface area contributed by atoms with Gasteiger partial charge in [-0.15, -0.1) is 0 Å². The minimum Gasteiger partial charge on any atom is -0.367 e. The lowest BCUT2D eigenvalue weighted by molar-refractivity contribution is -0.0471. The van der Waals surface area contributed by atoms with Gasteiger partial charge >= 0.3 is 0 Å². The molecule has 0 atom stereocenters. The highest BCUT2D eigenvalue weighted by atomic mass is 16.5. The summed E-state index contributed by atoms with van der Waals surface area (Å²) in [5, 5.41) is 4.31. The van der Waals surface area contributed by atoms with E-state index in [1.54, 1.807) is 0 Å². The van der Waals surface area contributed by atoms with Crippen LogP contribution in [0, 0.1) is 6.92 Å². The first-order valence-corrected chi connectivity index (χ1v) is 5.99. The van der Waals surface area contributed by atoms with Crippen molar-refractivity contribution < 1.29 is 4.74 Å². The quantitative estimate of drug-likeness (QED) is 0.842. The van der Waals surface area contributed by atoms with Gasteiger partial charge in [-0.25, -0.2) is 0 Å². The van der Waals surface area contributed by atoms with Crippen molar-refractivity contribution in [1.82, 2.24) is 9.78 Å². The van der Waals surface area contributed by atoms with Crippen LogP contribution in [-0.4, -0.2) is 21.9 Å². The summed E-state index contributed by atoms with van der Waals surface area (Å²) in [4.78, 5) is 0. The minimum atomic E-state index is -0.0713. The highest BCUT2D eigenvalue weighted by molar-refractivity contribution is 5.07. The van der Waals surface area contributed by atoms with Crippen LogP contribution in [0.1, 0.15) is 37.1 Å². The molecule has 16 heavy (non-hydrogen) atoms. The Bertz CT molecular complexity index is 353. The first-order chi connectivity index (χ1) is 7.65. The molecule has 0 bridgehead atoms. The molecule has 0 radical (unpaired) electrons. The summed E-state index contributed by atoms with van der Waals surface area (Å²) in [6.45, 7) is 3.25. The Hall–Kier alpha value is -0.870. The molecule has 0 saturated heterocycles. The third-order valence-electron chi connectivity index (χ3n) is 3.51. The molecule has 1 aromatic rings. The molecule has 1 aliphatic rings. The molecule has 0 aliphatic heterocycles. The Kier molecular flexibility index (Phi) is 3.30. The number of nitrogens with zero attached hydrogens (tertiary/aromatic N) is 2. The first kappa shape index (κ1) is 11.6. The van der Waals surface area contributed by atoms with E-state index in [0.29, 0.717) is 13.2 Å². The molecule has 4 nitrogen and oxygen atoms in total. The summed E-state index contributed by atoms with van der Waals surface area (Å²) in [5.74, 6) is 0. The van der Waals surface area contributed by atoms with Crippen LogP contribution >= 0.6 is 0 Å². The second-order valence-corrected chi connectivity index (χ2v) is 4.78. The molecule has 2 rings (SSSR count). The van der Waals surface area contributed by atoms with E-state index in [9.17, 15) is 0 Å². The van der Waals surface area contributed by atoms with Gasteiger partial charge in [0.05, 0.1) is 23.6 Å². The molecule has 1 saturated carbocycles. The summed E-state index contributed by atoms with van der Waals surface area (Å²) in [6.07, 6.45) is 4.67. The lowest BCUT2D eigenvalue weighted by Crippen LogP contribution is -2.37. The minimum absolute atomic E-state index is 0.0713. The fourth-order valence-corrected chi connectivity index (χ4v) is 2.45. The van der Waals surface area contributed by atoms with E-state index < -0.39 is 0 Å². The van der Waals surface area contributed by atoms with Crippen LogP contribution in [0.2, 0.25) is 0 Å². The SMILES string of the molecule is Cc1cc(COC2(CN)CCCC2)n(C)n1. The van der Waals surface area contributed by atoms with Gasteiger partial charge in [0, 0.05) is 13.6 Å². The number of hydrogen-bond donors (Lipinski definition) is 1. The van der Waals surface area contributed by atoms with Crippen LogP contribution in [0.5, 0.6) is 0 Å². The number of ether oxygens (including phenoxy) is 1. The van der Waals surface area contributed by atoms with Gasteiger partial charge in [-0.05, 0) is 25.8 Å². The average Bonchev–Trinajstić information content (AvgIpc) is 2.84. The summed E-state index contributed by atoms with van der Waals surface area (Å²) in [5.41, 5.74) is 7.92. The monoisotopic (exact) mass is 223 g/mol. The molecular weight excluding hydrogens is 202 g/mol. The van der Waals surface area contributed by atoms with Crippen molar-refractivity contribution in [3.05, 3.63) is 17.5 Å². The molecule has 4 heteroatoms. The van der Waals surface area contributed by atoms with Gasteiger partial charge < -0.3 is 10.5 Å². The van der Waals surface area contributed by atoms with E-state index in [0.717, 1.165) is 24.2 Å². The summed E-state index contributed by atoms with van der Waals surface area (Å²) in [7, 11) is 1.95. The summed E-state index contributed by atoms with van der Waals surface area (Å²) in [6, 6.07) is 2.07. The first-order valence-electron chi connectivity index (χ1n) is 5.99. The largest absolute Gasteiger partial charge is 0.367 e. The van der Waals surface area contributed by atoms with Crippen molar-refractivity contribution in [2.75, 3.05) is 6.54 Å². The third kappa shape index (κ3) is 2.28. The maximum Gasteiger partial charge on any atom is 0.0892 e. The molecule has 0 amide bonds. The Morgan fingerprint density at radius 1 is 1.50 bits per heavy atom. The fraction of sp³-hybridized carbons (Fsp3) is 0.750. The van der Waals surface area contributed by atoms with E-state index >= 15 is 0 Å². The van der Waals surface area contributed by atoms with Gasteiger partial charge in [0.1, 0.15) is 0 Å². The Morgan fingerprint density at radius 2 is 2.19 bits per heavy atom. The summed E-state index contributed by atoms with van der Waals surface area (Å²) < 4.78 is 7.92. The number of hydrogen-bond acceptors (Lipinski definition) is 3. The fourth-order valence-electron chi connectivity index (χ4n) is 2.45. The average molecular weight is 223 g/mol. The van der Waals surface area contributed by atoms with Crippen molar-refractivity contribution >= 4 is 0 Å². The molecule has 2 N–H and O–H groups in total. The van der Waals surface area contributed by atoms with Gasteiger partial charge in [0.2, 0.25) is 0 Å². The lowest BCUT2D eigenvalue weighted by atomic mass is 10.0. The maximum absolute atomic E-state index is 6.03. The molecule has 90 valence electrons. The van der Waals surface area contributed by atoms with Crippen LogP contribution in [0.25, 0.3) is 0 Å². The van der Waals surface area contributed by atoms with Crippen LogP contribution < -0.4 is 5.73 Å². The number of rotatable bonds is 4. The van der Waals surface area contributed by atoms with Crippen molar-refractivity contribution in [3.63, 3.8) is 0 Å². The van der Waals surface area contributed by atoms with Gasteiger partial charge in [-0.1, -0.05) is 12.8 Å². The highest BCUT2D eigenvalue weighted by Gasteiger charge is 2.33. The Balaban J connectivity index is 1.98. The maximum atomic E-state index is 6.03. The van der Waals surface area contributed by atoms with Gasteiger partial charge in [0.15, 0.2) is 0 Å². The van der Waals surface area contributed by atoms with Crippen molar-refractivity contribution in [2.24, 2.45) is 12.8 Å². The Morgan fingerprint density at radius 3 is 2.69 bits per heavy atom. The topological polar surface area (TPSA) is 53.1 Å². The van der Waals surface area contributed by atoms with E-state index in [1.807, 2.05) is 18.7 Å². The number of aromatic nitrogens is 2. The zero-order valence-corrected chi connectivity index (χ0v) is 10.2. The van der Waals surface area contributed by atoms with Gasteiger partial charge in [-0.3, -0.25) is 4.68 Å². The molecule has 1 aromatic heterocycles. The Labute approximate surface area is 96.8 Å². The van der Waals surface area contributed by atoms with Crippen molar-refractivity contribution in [2.45, 2.75) is 44.8 Å². The van der Waals surface area contributed by atoms with Gasteiger partial charge in [-0.2, -0.15) is 5.10 Å². The zero-order valence-electron chi connectivity index (χ0n) is 10.2. The van der Waals surface area contributed by atoms with Crippen LogP contribution in [-0.2, 0) is 18.4 Å². The van der Waals surface area contributed by atoms with E-state index in [4.69, 9.17) is 10.5 Å². The normalized spacial score (nSPS) is 19.2.